The highest BCUT2D eigenvalue weighted by Gasteiger charge is 2.29. The Morgan fingerprint density at radius 3 is 2.78 bits per heavy atom. The van der Waals surface area contributed by atoms with E-state index in [2.05, 4.69) is 16.8 Å². The molecule has 0 spiro atoms. The third kappa shape index (κ3) is 2.65. The van der Waals surface area contributed by atoms with Gasteiger partial charge in [0.1, 0.15) is 0 Å². The van der Waals surface area contributed by atoms with Gasteiger partial charge in [-0.25, -0.2) is 0 Å². The van der Waals surface area contributed by atoms with E-state index in [1.807, 2.05) is 27.0 Å². The SMILES string of the molecule is Cc1cc(C(=O)CN(C)C2CCOC2C)c(C)[nH]1. The molecule has 1 fully saturated rings. The van der Waals surface area contributed by atoms with Gasteiger partial charge in [-0.15, -0.1) is 0 Å². The van der Waals surface area contributed by atoms with Crippen molar-refractivity contribution in [2.45, 2.75) is 39.3 Å². The molecule has 2 heterocycles. The minimum Gasteiger partial charge on any atom is -0.377 e. The second-order valence-corrected chi connectivity index (χ2v) is 5.26. The molecule has 18 heavy (non-hydrogen) atoms. The summed E-state index contributed by atoms with van der Waals surface area (Å²) >= 11 is 0. The maximum absolute atomic E-state index is 12.3. The summed E-state index contributed by atoms with van der Waals surface area (Å²) in [6, 6.07) is 2.29. The number of Topliss-reactive ketones (excluding diaryl/α,β-unsaturated/α-hetero) is 1. The van der Waals surface area contributed by atoms with Gasteiger partial charge in [-0.05, 0) is 40.3 Å². The van der Waals surface area contributed by atoms with E-state index in [0.717, 1.165) is 30.0 Å². The Kier molecular flexibility index (Phi) is 3.88. The van der Waals surface area contributed by atoms with Gasteiger partial charge in [-0.1, -0.05) is 0 Å². The highest BCUT2D eigenvalue weighted by atomic mass is 16.5. The number of carbonyl (C=O) groups is 1. The lowest BCUT2D eigenvalue weighted by molar-refractivity contribution is 0.0745. The monoisotopic (exact) mass is 250 g/mol. The topological polar surface area (TPSA) is 45.3 Å². The molecule has 1 aromatic heterocycles. The van der Waals surface area contributed by atoms with E-state index in [9.17, 15) is 4.79 Å². The van der Waals surface area contributed by atoms with Crippen molar-refractivity contribution in [3.63, 3.8) is 0 Å². The fourth-order valence-electron chi connectivity index (χ4n) is 2.74. The first-order chi connectivity index (χ1) is 8.49. The number of likely N-dealkylation sites (N-methyl/N-ethyl adjacent to an activating group) is 1. The van der Waals surface area contributed by atoms with Crippen molar-refractivity contribution in [1.82, 2.24) is 9.88 Å². The van der Waals surface area contributed by atoms with Crippen molar-refractivity contribution in [3.8, 4) is 0 Å². The molecule has 0 bridgehead atoms. The van der Waals surface area contributed by atoms with Gasteiger partial charge in [0.05, 0.1) is 12.6 Å². The molecule has 0 amide bonds. The van der Waals surface area contributed by atoms with E-state index in [1.165, 1.54) is 0 Å². The summed E-state index contributed by atoms with van der Waals surface area (Å²) in [5, 5.41) is 0. The molecule has 1 saturated heterocycles. The highest BCUT2D eigenvalue weighted by Crippen LogP contribution is 2.19. The first-order valence-corrected chi connectivity index (χ1v) is 6.50. The fraction of sp³-hybridized carbons (Fsp3) is 0.643. The van der Waals surface area contributed by atoms with Crippen molar-refractivity contribution < 1.29 is 9.53 Å². The van der Waals surface area contributed by atoms with Crippen LogP contribution in [-0.4, -0.2) is 48.0 Å². The maximum Gasteiger partial charge on any atom is 0.178 e. The summed E-state index contributed by atoms with van der Waals surface area (Å²) in [4.78, 5) is 17.5. The number of H-pyrrole nitrogens is 1. The third-order valence-electron chi connectivity index (χ3n) is 3.75. The molecular weight excluding hydrogens is 228 g/mol. The molecule has 4 heteroatoms. The number of hydrogen-bond acceptors (Lipinski definition) is 3. The van der Waals surface area contributed by atoms with Gasteiger partial charge >= 0.3 is 0 Å². The number of aromatic nitrogens is 1. The van der Waals surface area contributed by atoms with Gasteiger partial charge in [-0.2, -0.15) is 0 Å². The van der Waals surface area contributed by atoms with Gasteiger partial charge in [0, 0.05) is 29.6 Å². The van der Waals surface area contributed by atoms with Gasteiger partial charge in [0.25, 0.3) is 0 Å². The lowest BCUT2D eigenvalue weighted by Crippen LogP contribution is -2.39. The van der Waals surface area contributed by atoms with Crippen LogP contribution in [0.25, 0.3) is 0 Å². The summed E-state index contributed by atoms with van der Waals surface area (Å²) in [7, 11) is 2.00. The van der Waals surface area contributed by atoms with E-state index in [-0.39, 0.29) is 11.9 Å². The number of carbonyl (C=O) groups excluding carboxylic acids is 1. The van der Waals surface area contributed by atoms with E-state index in [1.54, 1.807) is 0 Å². The van der Waals surface area contributed by atoms with Crippen LogP contribution in [0.5, 0.6) is 0 Å². The zero-order valence-electron chi connectivity index (χ0n) is 11.6. The number of ether oxygens (including phenoxy) is 1. The Bertz CT molecular complexity index is 439. The molecule has 2 rings (SSSR count). The molecule has 1 aliphatic rings. The number of nitrogens with one attached hydrogen (secondary N) is 1. The number of aryl methyl sites for hydroxylation is 2. The van der Waals surface area contributed by atoms with Crippen LogP contribution in [0.4, 0.5) is 0 Å². The molecule has 0 saturated carbocycles. The number of aromatic amines is 1. The van der Waals surface area contributed by atoms with Crippen LogP contribution >= 0.6 is 0 Å². The zero-order valence-corrected chi connectivity index (χ0v) is 11.6. The predicted octanol–water partition coefficient (Wildman–Crippen LogP) is 1.92. The van der Waals surface area contributed by atoms with Crippen molar-refractivity contribution in [1.29, 1.82) is 0 Å². The molecule has 4 nitrogen and oxygen atoms in total. The Hall–Kier alpha value is -1.13. The molecule has 1 N–H and O–H groups in total. The average Bonchev–Trinajstić information content (AvgIpc) is 2.84. The molecule has 1 aliphatic heterocycles. The van der Waals surface area contributed by atoms with Crippen LogP contribution in [0.1, 0.15) is 35.1 Å². The quantitative estimate of drug-likeness (QED) is 0.830. The van der Waals surface area contributed by atoms with Crippen molar-refractivity contribution in [3.05, 3.63) is 23.0 Å². The van der Waals surface area contributed by atoms with Gasteiger partial charge in [-0.3, -0.25) is 9.69 Å². The normalized spacial score (nSPS) is 23.8. The van der Waals surface area contributed by atoms with Crippen LogP contribution in [0.15, 0.2) is 6.07 Å². The molecule has 100 valence electrons. The van der Waals surface area contributed by atoms with Crippen molar-refractivity contribution in [2.75, 3.05) is 20.2 Å². The van der Waals surface area contributed by atoms with Crippen molar-refractivity contribution in [2.24, 2.45) is 0 Å². The summed E-state index contributed by atoms with van der Waals surface area (Å²) in [5.74, 6) is 0.179. The summed E-state index contributed by atoms with van der Waals surface area (Å²) in [5.41, 5.74) is 2.81. The molecule has 0 aromatic carbocycles. The third-order valence-corrected chi connectivity index (χ3v) is 3.75. The Balaban J connectivity index is 2.01. The van der Waals surface area contributed by atoms with Crippen LogP contribution < -0.4 is 0 Å². The molecular formula is C14H22N2O2. The van der Waals surface area contributed by atoms with Crippen LogP contribution in [-0.2, 0) is 4.74 Å². The highest BCUT2D eigenvalue weighted by molar-refractivity contribution is 5.98. The fourth-order valence-corrected chi connectivity index (χ4v) is 2.74. The Labute approximate surface area is 108 Å². The van der Waals surface area contributed by atoms with E-state index >= 15 is 0 Å². The minimum atomic E-state index is 0.179. The summed E-state index contributed by atoms with van der Waals surface area (Å²) in [6.07, 6.45) is 1.23. The van der Waals surface area contributed by atoms with E-state index < -0.39 is 0 Å². The zero-order chi connectivity index (χ0) is 13.3. The number of ketones is 1. The minimum absolute atomic E-state index is 0.179. The number of rotatable bonds is 4. The van der Waals surface area contributed by atoms with Crippen LogP contribution in [0.3, 0.4) is 0 Å². The van der Waals surface area contributed by atoms with Gasteiger partial charge < -0.3 is 9.72 Å². The van der Waals surface area contributed by atoms with Crippen LogP contribution in [0, 0.1) is 13.8 Å². The largest absolute Gasteiger partial charge is 0.377 e. The first-order valence-electron chi connectivity index (χ1n) is 6.50. The summed E-state index contributed by atoms with van der Waals surface area (Å²) < 4.78 is 5.54. The molecule has 0 radical (unpaired) electrons. The smallest absolute Gasteiger partial charge is 0.178 e. The van der Waals surface area contributed by atoms with E-state index in [4.69, 9.17) is 4.74 Å². The van der Waals surface area contributed by atoms with Gasteiger partial charge in [0.2, 0.25) is 0 Å². The van der Waals surface area contributed by atoms with Gasteiger partial charge in [0.15, 0.2) is 5.78 Å². The first kappa shape index (κ1) is 13.3. The molecule has 2 atom stereocenters. The van der Waals surface area contributed by atoms with Crippen LogP contribution in [0.2, 0.25) is 0 Å². The average molecular weight is 250 g/mol. The second-order valence-electron chi connectivity index (χ2n) is 5.26. The molecule has 2 unspecified atom stereocenters. The van der Waals surface area contributed by atoms with E-state index in [0.29, 0.717) is 12.6 Å². The second kappa shape index (κ2) is 5.24. The number of nitrogens with zero attached hydrogens (tertiary/aromatic N) is 1. The Morgan fingerprint density at radius 2 is 2.28 bits per heavy atom. The summed E-state index contributed by atoms with van der Waals surface area (Å²) in [6.45, 7) is 7.25. The van der Waals surface area contributed by atoms with Crippen molar-refractivity contribution >= 4 is 5.78 Å². The predicted molar refractivity (Wildman–Crippen MR) is 71.0 cm³/mol. The Morgan fingerprint density at radius 1 is 1.56 bits per heavy atom. The standard InChI is InChI=1S/C14H22N2O2/c1-9-7-12(10(2)15-9)14(17)8-16(4)13-5-6-18-11(13)3/h7,11,13,15H,5-6,8H2,1-4H3. The maximum atomic E-state index is 12.3. The molecule has 0 aliphatic carbocycles. The molecule has 1 aromatic rings. The number of hydrogen-bond donors (Lipinski definition) is 1. The lowest BCUT2D eigenvalue weighted by atomic mass is 10.1. The lowest BCUT2D eigenvalue weighted by Gasteiger charge is -2.25.